The van der Waals surface area contributed by atoms with E-state index in [-0.39, 0.29) is 6.10 Å². The van der Waals surface area contributed by atoms with E-state index in [9.17, 15) is 5.11 Å². The zero-order valence-corrected chi connectivity index (χ0v) is 12.0. The summed E-state index contributed by atoms with van der Waals surface area (Å²) in [7, 11) is 0. The topological polar surface area (TPSA) is 20.2 Å². The van der Waals surface area contributed by atoms with Crippen molar-refractivity contribution >= 4 is 0 Å². The van der Waals surface area contributed by atoms with E-state index in [0.717, 1.165) is 12.0 Å². The van der Waals surface area contributed by atoms with Gasteiger partial charge in [-0.3, -0.25) is 0 Å². The van der Waals surface area contributed by atoms with E-state index in [0.29, 0.717) is 11.8 Å². The van der Waals surface area contributed by atoms with Gasteiger partial charge in [0.15, 0.2) is 0 Å². The van der Waals surface area contributed by atoms with Gasteiger partial charge in [-0.15, -0.1) is 0 Å². The number of hydrogen-bond donors (Lipinski definition) is 1. The SMILES string of the molecule is Cc1cc(C)c(C(O)C(C)CC(C)C)cc1C. The Balaban J connectivity index is 2.95. The molecule has 1 aromatic carbocycles. The van der Waals surface area contributed by atoms with Crippen molar-refractivity contribution in [2.45, 2.75) is 54.1 Å². The molecule has 0 heterocycles. The van der Waals surface area contributed by atoms with Gasteiger partial charge >= 0.3 is 0 Å². The molecule has 0 saturated heterocycles. The zero-order valence-electron chi connectivity index (χ0n) is 12.0. The van der Waals surface area contributed by atoms with Gasteiger partial charge in [0.05, 0.1) is 6.10 Å². The van der Waals surface area contributed by atoms with Crippen molar-refractivity contribution in [3.8, 4) is 0 Å². The molecular weight excluding hydrogens is 208 g/mol. The van der Waals surface area contributed by atoms with Crippen molar-refractivity contribution in [3.63, 3.8) is 0 Å². The Morgan fingerprint density at radius 3 is 2.00 bits per heavy atom. The Morgan fingerprint density at radius 1 is 0.941 bits per heavy atom. The Morgan fingerprint density at radius 2 is 1.47 bits per heavy atom. The van der Waals surface area contributed by atoms with Gasteiger partial charge in [0.2, 0.25) is 0 Å². The van der Waals surface area contributed by atoms with Crippen molar-refractivity contribution in [2.24, 2.45) is 11.8 Å². The molecule has 0 aliphatic heterocycles. The van der Waals surface area contributed by atoms with E-state index in [1.54, 1.807) is 0 Å². The molecule has 2 unspecified atom stereocenters. The summed E-state index contributed by atoms with van der Waals surface area (Å²) in [5, 5.41) is 10.4. The first-order valence-electron chi connectivity index (χ1n) is 6.58. The van der Waals surface area contributed by atoms with Crippen LogP contribution >= 0.6 is 0 Å². The third kappa shape index (κ3) is 3.57. The molecule has 1 heteroatoms. The van der Waals surface area contributed by atoms with Crippen LogP contribution in [0.1, 0.15) is 55.5 Å². The quantitative estimate of drug-likeness (QED) is 0.822. The maximum atomic E-state index is 10.4. The van der Waals surface area contributed by atoms with Gasteiger partial charge in [0.25, 0.3) is 0 Å². The van der Waals surface area contributed by atoms with Crippen LogP contribution in [0.5, 0.6) is 0 Å². The number of aliphatic hydroxyl groups is 1. The van der Waals surface area contributed by atoms with Crippen molar-refractivity contribution in [3.05, 3.63) is 34.4 Å². The summed E-state index contributed by atoms with van der Waals surface area (Å²) in [6.45, 7) is 12.9. The standard InChI is InChI=1S/C16H26O/c1-10(2)7-14(6)16(17)15-9-12(4)11(3)8-13(15)5/h8-10,14,16-17H,7H2,1-6H3. The number of benzene rings is 1. The predicted octanol–water partition coefficient (Wildman–Crippen LogP) is 4.33. The summed E-state index contributed by atoms with van der Waals surface area (Å²) in [5.41, 5.74) is 4.87. The summed E-state index contributed by atoms with van der Waals surface area (Å²) >= 11 is 0. The summed E-state index contributed by atoms with van der Waals surface area (Å²) in [6, 6.07) is 4.32. The summed E-state index contributed by atoms with van der Waals surface area (Å²) < 4.78 is 0. The largest absolute Gasteiger partial charge is 0.388 e. The van der Waals surface area contributed by atoms with Gasteiger partial charge < -0.3 is 5.11 Å². The van der Waals surface area contributed by atoms with E-state index >= 15 is 0 Å². The molecule has 0 aliphatic rings. The fourth-order valence-electron chi connectivity index (χ4n) is 2.48. The Labute approximate surface area is 106 Å². The molecule has 17 heavy (non-hydrogen) atoms. The van der Waals surface area contributed by atoms with Crippen molar-refractivity contribution in [1.29, 1.82) is 0 Å². The lowest BCUT2D eigenvalue weighted by atomic mass is 9.87. The highest BCUT2D eigenvalue weighted by Gasteiger charge is 2.19. The molecule has 0 bridgehead atoms. The average molecular weight is 234 g/mol. The van der Waals surface area contributed by atoms with Gasteiger partial charge in [-0.05, 0) is 61.3 Å². The third-order valence-electron chi connectivity index (χ3n) is 3.58. The summed E-state index contributed by atoms with van der Waals surface area (Å²) in [5.74, 6) is 0.947. The highest BCUT2D eigenvalue weighted by molar-refractivity contribution is 5.37. The first-order chi connectivity index (χ1) is 7.82. The second-order valence-electron chi connectivity index (χ2n) is 5.84. The van der Waals surface area contributed by atoms with Crippen LogP contribution < -0.4 is 0 Å². The molecule has 1 aromatic rings. The predicted molar refractivity (Wildman–Crippen MR) is 74.2 cm³/mol. The fraction of sp³-hybridized carbons (Fsp3) is 0.625. The first kappa shape index (κ1) is 14.2. The normalized spacial score (nSPS) is 15.1. The first-order valence-corrected chi connectivity index (χ1v) is 6.58. The van der Waals surface area contributed by atoms with Crippen LogP contribution in [0.4, 0.5) is 0 Å². The lowest BCUT2D eigenvalue weighted by Crippen LogP contribution is -2.13. The van der Waals surface area contributed by atoms with Crippen LogP contribution in [-0.4, -0.2) is 5.11 Å². The number of rotatable bonds is 4. The van der Waals surface area contributed by atoms with E-state index in [2.05, 4.69) is 53.7 Å². The molecule has 0 aliphatic carbocycles. The maximum absolute atomic E-state index is 10.4. The molecule has 0 radical (unpaired) electrons. The van der Waals surface area contributed by atoms with Crippen LogP contribution in [0, 0.1) is 32.6 Å². The van der Waals surface area contributed by atoms with Crippen LogP contribution in [0.15, 0.2) is 12.1 Å². The van der Waals surface area contributed by atoms with Gasteiger partial charge in [-0.2, -0.15) is 0 Å². The minimum Gasteiger partial charge on any atom is -0.388 e. The number of aryl methyl sites for hydroxylation is 3. The molecule has 1 nitrogen and oxygen atoms in total. The average Bonchev–Trinajstić information content (AvgIpc) is 2.21. The van der Waals surface area contributed by atoms with Crippen molar-refractivity contribution < 1.29 is 5.11 Å². The maximum Gasteiger partial charge on any atom is 0.0818 e. The molecule has 0 fully saturated rings. The minimum absolute atomic E-state index is 0.316. The van der Waals surface area contributed by atoms with Gasteiger partial charge in [0, 0.05) is 0 Å². The molecule has 0 saturated carbocycles. The van der Waals surface area contributed by atoms with Crippen LogP contribution in [0.25, 0.3) is 0 Å². The smallest absolute Gasteiger partial charge is 0.0818 e. The van der Waals surface area contributed by atoms with Crippen LogP contribution in [0.3, 0.4) is 0 Å². The highest BCUT2D eigenvalue weighted by atomic mass is 16.3. The lowest BCUT2D eigenvalue weighted by molar-refractivity contribution is 0.104. The Hall–Kier alpha value is -0.820. The lowest BCUT2D eigenvalue weighted by Gasteiger charge is -2.23. The van der Waals surface area contributed by atoms with E-state index < -0.39 is 0 Å². The van der Waals surface area contributed by atoms with E-state index in [1.807, 2.05) is 0 Å². The second kappa shape index (κ2) is 5.68. The van der Waals surface area contributed by atoms with Gasteiger partial charge in [0.1, 0.15) is 0 Å². The molecule has 1 N–H and O–H groups in total. The molecule has 0 aromatic heterocycles. The molecular formula is C16H26O. The summed E-state index contributed by atoms with van der Waals surface area (Å²) in [4.78, 5) is 0. The number of hydrogen-bond acceptors (Lipinski definition) is 1. The summed E-state index contributed by atoms with van der Waals surface area (Å²) in [6.07, 6.45) is 0.727. The zero-order chi connectivity index (χ0) is 13.2. The van der Waals surface area contributed by atoms with Crippen LogP contribution in [-0.2, 0) is 0 Å². The van der Waals surface area contributed by atoms with Crippen LogP contribution in [0.2, 0.25) is 0 Å². The van der Waals surface area contributed by atoms with Gasteiger partial charge in [-0.25, -0.2) is 0 Å². The second-order valence-corrected chi connectivity index (χ2v) is 5.84. The third-order valence-corrected chi connectivity index (χ3v) is 3.58. The fourth-order valence-corrected chi connectivity index (χ4v) is 2.48. The minimum atomic E-state index is -0.336. The molecule has 96 valence electrons. The monoisotopic (exact) mass is 234 g/mol. The highest BCUT2D eigenvalue weighted by Crippen LogP contribution is 2.30. The number of aliphatic hydroxyl groups excluding tert-OH is 1. The van der Waals surface area contributed by atoms with Gasteiger partial charge in [-0.1, -0.05) is 32.9 Å². The molecule has 0 spiro atoms. The Kier molecular flexibility index (Phi) is 4.76. The molecule has 1 rings (SSSR count). The Bertz CT molecular complexity index is 379. The van der Waals surface area contributed by atoms with Crippen molar-refractivity contribution in [1.82, 2.24) is 0 Å². The molecule has 0 amide bonds. The molecule has 2 atom stereocenters. The van der Waals surface area contributed by atoms with E-state index in [1.165, 1.54) is 16.7 Å². The van der Waals surface area contributed by atoms with E-state index in [4.69, 9.17) is 0 Å². The van der Waals surface area contributed by atoms with Crippen molar-refractivity contribution in [2.75, 3.05) is 0 Å².